The highest BCUT2D eigenvalue weighted by Gasteiger charge is 2.50. The van der Waals surface area contributed by atoms with Crippen molar-refractivity contribution in [1.82, 2.24) is 44.5 Å². The van der Waals surface area contributed by atoms with Gasteiger partial charge in [0.15, 0.2) is 23.0 Å². The van der Waals surface area contributed by atoms with Crippen LogP contribution in [0.5, 0.6) is 0 Å². The van der Waals surface area contributed by atoms with Crippen molar-refractivity contribution < 1.29 is 38.1 Å². The van der Waals surface area contributed by atoms with Crippen LogP contribution < -0.4 is 17.0 Å². The Kier molecular flexibility index (Phi) is 7.60. The van der Waals surface area contributed by atoms with Gasteiger partial charge in [0.2, 0.25) is 11.9 Å². The van der Waals surface area contributed by atoms with Gasteiger partial charge in [-0.1, -0.05) is 17.5 Å². The molecule has 0 aliphatic carbocycles. The molecule has 2 fully saturated rings. The van der Waals surface area contributed by atoms with E-state index >= 15 is 4.39 Å². The van der Waals surface area contributed by atoms with Crippen molar-refractivity contribution in [2.75, 3.05) is 24.7 Å². The van der Waals surface area contributed by atoms with Crippen molar-refractivity contribution >= 4 is 59.5 Å². The van der Waals surface area contributed by atoms with Crippen molar-refractivity contribution in [3.8, 4) is 0 Å². The van der Waals surface area contributed by atoms with Gasteiger partial charge in [0, 0.05) is 5.56 Å². The van der Waals surface area contributed by atoms with Gasteiger partial charge in [0.25, 0.3) is 5.56 Å². The van der Waals surface area contributed by atoms with Gasteiger partial charge in [-0.15, -0.1) is 16.9 Å². The lowest BCUT2D eigenvalue weighted by molar-refractivity contribution is -0.0250. The summed E-state index contributed by atoms with van der Waals surface area (Å²) in [4.78, 5) is 26.3. The summed E-state index contributed by atoms with van der Waals surface area (Å²) in [6.07, 6.45) is -6.60. The topological polar surface area (TPSA) is 277 Å². The van der Waals surface area contributed by atoms with E-state index in [1.807, 2.05) is 0 Å². The normalized spacial score (nSPS) is 31.3. The fraction of sp³-hybridized carbons (Fsp3) is 0.526. The second-order valence-corrected chi connectivity index (χ2v) is 13.6. The minimum Gasteiger partial charge on any atom is -0.395 e. The van der Waals surface area contributed by atoms with Crippen LogP contribution in [0.15, 0.2) is 17.3 Å². The van der Waals surface area contributed by atoms with Crippen LogP contribution in [0.2, 0.25) is 0 Å². The maximum atomic E-state index is 15.1. The van der Waals surface area contributed by atoms with Crippen LogP contribution in [0.25, 0.3) is 16.8 Å². The summed E-state index contributed by atoms with van der Waals surface area (Å²) in [6.45, 7) is -5.48. The van der Waals surface area contributed by atoms with E-state index in [9.17, 15) is 24.7 Å². The van der Waals surface area contributed by atoms with E-state index < -0.39 is 72.9 Å². The van der Waals surface area contributed by atoms with E-state index in [4.69, 9.17) is 25.3 Å². The number of nitrogens with zero attached hydrogens (tertiary/aromatic N) is 8. The Hall–Kier alpha value is -2.95. The summed E-state index contributed by atoms with van der Waals surface area (Å²) >= 11 is 4.98. The van der Waals surface area contributed by atoms with Crippen molar-refractivity contribution in [2.24, 2.45) is 0 Å². The molecule has 19 nitrogen and oxygen atoms in total. The fourth-order valence-corrected chi connectivity index (χ4v) is 7.66. The molecular formula is C19H23FN11O8PS2. The average Bonchev–Trinajstić information content (AvgIpc) is 3.69. The lowest BCUT2D eigenvalue weighted by Gasteiger charge is -2.25. The minimum absolute atomic E-state index is 0.00666. The highest BCUT2D eigenvalue weighted by atomic mass is 32.7. The molecule has 2 aliphatic heterocycles. The molecule has 0 spiro atoms. The maximum Gasteiger partial charge on any atom is 0.386 e. The molecule has 2 saturated heterocycles. The number of thiol groups is 1. The zero-order valence-corrected chi connectivity index (χ0v) is 23.6. The first-order chi connectivity index (χ1) is 20.0. The second kappa shape index (κ2) is 11.0. The number of nitrogens with two attached hydrogens (primary N) is 2. The molecule has 0 saturated carbocycles. The molecule has 23 heteroatoms. The van der Waals surface area contributed by atoms with Crippen LogP contribution in [0.4, 0.5) is 16.3 Å². The number of aliphatic hydroxyl groups is 3. The van der Waals surface area contributed by atoms with E-state index in [0.29, 0.717) is 0 Å². The van der Waals surface area contributed by atoms with Gasteiger partial charge in [0.1, 0.15) is 36.1 Å². The SMILES string of the molecule is Nc1nc2c(nnn2[C@@H]2S[C@H](CO)[C@@H](O)[C@H]2OP(=O)(S)OC[C@H]2O[C@@H](c3cnn4c(N)ncnc34)[C@@H](F)[C@@H]2O)c(=O)[nH]1. The summed E-state index contributed by atoms with van der Waals surface area (Å²) in [5.74, 6) is -0.217. The molecule has 4 aromatic heterocycles. The Morgan fingerprint density at radius 1 is 1.26 bits per heavy atom. The van der Waals surface area contributed by atoms with Gasteiger partial charge in [-0.3, -0.25) is 18.8 Å². The number of hydrogen-bond donors (Lipinski definition) is 7. The van der Waals surface area contributed by atoms with E-state index in [-0.39, 0.29) is 34.3 Å². The van der Waals surface area contributed by atoms with Gasteiger partial charge in [-0.05, 0) is 0 Å². The number of rotatable bonds is 8. The molecule has 8 N–H and O–H groups in total. The summed E-state index contributed by atoms with van der Waals surface area (Å²) in [6, 6.07) is 0. The monoisotopic (exact) mass is 647 g/mol. The van der Waals surface area contributed by atoms with Crippen LogP contribution in [0.3, 0.4) is 0 Å². The van der Waals surface area contributed by atoms with Crippen LogP contribution >= 0.6 is 30.8 Å². The van der Waals surface area contributed by atoms with E-state index in [1.54, 1.807) is 0 Å². The minimum atomic E-state index is -4.36. The first-order valence-corrected chi connectivity index (χ1v) is 15.8. The molecule has 0 amide bonds. The standard InChI is InChI=1S/C19H23FN11O8PS2/c20-8-10(33)6(38-12(8)5-1-25-31-14(5)23-4-24-19(31)22)3-37-40(36,41)39-13-11(34)7(2-32)42-17(13)30-15-9(28-29-30)16(35)27-18(21)26-15/h1,4,6-8,10-13,17,32-34H,2-3H2,(H,36,41)(H2,22,23,24)(H3,21,26,27,35)/t6-,7-,8+,10-,11-,12+,13-,17-,40?/m1/s1. The molecule has 2 aliphatic rings. The number of hydrogen-bond acceptors (Lipinski definition) is 17. The zero-order chi connectivity index (χ0) is 29.9. The van der Waals surface area contributed by atoms with E-state index in [2.05, 4.69) is 47.6 Å². The number of aromatic nitrogens is 9. The second-order valence-electron chi connectivity index (χ2n) is 9.33. The van der Waals surface area contributed by atoms with Gasteiger partial charge in [0.05, 0.1) is 30.8 Å². The Morgan fingerprint density at radius 2 is 2.05 bits per heavy atom. The predicted molar refractivity (Wildman–Crippen MR) is 145 cm³/mol. The number of aromatic amines is 1. The maximum absolute atomic E-state index is 15.1. The van der Waals surface area contributed by atoms with Crippen molar-refractivity contribution in [2.45, 2.75) is 47.3 Å². The first-order valence-electron chi connectivity index (χ1n) is 12.1. The average molecular weight is 648 g/mol. The van der Waals surface area contributed by atoms with Crippen molar-refractivity contribution in [3.63, 3.8) is 0 Å². The lowest BCUT2D eigenvalue weighted by atomic mass is 10.1. The van der Waals surface area contributed by atoms with Crippen LogP contribution in [-0.4, -0.2) is 109 Å². The number of ether oxygens (including phenoxy) is 1. The summed E-state index contributed by atoms with van der Waals surface area (Å²) in [5, 5.41) is 41.0. The van der Waals surface area contributed by atoms with Crippen molar-refractivity contribution in [3.05, 3.63) is 28.4 Å². The van der Waals surface area contributed by atoms with E-state index in [1.165, 1.54) is 17.0 Å². The first kappa shape index (κ1) is 29.1. The Labute approximate surface area is 242 Å². The number of aliphatic hydroxyl groups excluding tert-OH is 3. The van der Waals surface area contributed by atoms with Crippen molar-refractivity contribution in [1.29, 1.82) is 0 Å². The van der Waals surface area contributed by atoms with Gasteiger partial charge in [-0.25, -0.2) is 23.6 Å². The highest BCUT2D eigenvalue weighted by Crippen LogP contribution is 2.59. The fourth-order valence-electron chi connectivity index (χ4n) is 4.72. The van der Waals surface area contributed by atoms with Crippen LogP contribution in [-0.2, 0) is 18.3 Å². The molecule has 6 heterocycles. The van der Waals surface area contributed by atoms with Crippen LogP contribution in [0.1, 0.15) is 17.0 Å². The lowest BCUT2D eigenvalue weighted by Crippen LogP contribution is -2.35. The molecule has 0 bridgehead atoms. The molecule has 4 aromatic rings. The zero-order valence-electron chi connectivity index (χ0n) is 21.0. The number of fused-ring (bicyclic) bond motifs is 2. The third-order valence-electron chi connectivity index (χ3n) is 6.73. The number of nitrogen functional groups attached to an aromatic ring is 2. The molecule has 1 unspecified atom stereocenters. The molecule has 9 atom stereocenters. The number of H-pyrrole nitrogens is 1. The molecule has 42 heavy (non-hydrogen) atoms. The highest BCUT2D eigenvalue weighted by molar-refractivity contribution is 8.44. The molecule has 6 rings (SSSR count). The molecular weight excluding hydrogens is 624 g/mol. The Bertz CT molecular complexity index is 1740. The van der Waals surface area contributed by atoms with E-state index in [0.717, 1.165) is 16.4 Å². The largest absolute Gasteiger partial charge is 0.395 e. The number of alkyl halides is 1. The smallest absolute Gasteiger partial charge is 0.386 e. The number of thioether (sulfide) groups is 1. The molecule has 0 aromatic carbocycles. The van der Waals surface area contributed by atoms with Gasteiger partial charge >= 0.3 is 6.80 Å². The van der Waals surface area contributed by atoms with Gasteiger partial charge < -0.3 is 31.5 Å². The van der Waals surface area contributed by atoms with Gasteiger partial charge in [-0.2, -0.15) is 14.6 Å². The summed E-state index contributed by atoms with van der Waals surface area (Å²) in [7, 11) is 0. The summed E-state index contributed by atoms with van der Waals surface area (Å²) < 4.78 is 47.3. The molecule has 0 radical (unpaired) electrons. The molecule has 226 valence electrons. The Balaban J connectivity index is 1.19. The van der Waals surface area contributed by atoms with Crippen LogP contribution in [0, 0.1) is 0 Å². The predicted octanol–water partition coefficient (Wildman–Crippen LogP) is -1.64. The quantitative estimate of drug-likeness (QED) is 0.0834. The number of halogens is 1. The third-order valence-corrected chi connectivity index (χ3v) is 9.86. The summed E-state index contributed by atoms with van der Waals surface area (Å²) in [5.41, 5.74) is 10.9. The Morgan fingerprint density at radius 3 is 2.81 bits per heavy atom. The third kappa shape index (κ3) is 5.01. The number of nitrogens with one attached hydrogen (secondary N) is 1. The number of anilines is 2.